The van der Waals surface area contributed by atoms with Crippen LogP contribution >= 0.6 is 11.8 Å². The van der Waals surface area contributed by atoms with Gasteiger partial charge in [-0.05, 0) is 19.1 Å². The Morgan fingerprint density at radius 1 is 1.45 bits per heavy atom. The fourth-order valence-electron chi connectivity index (χ4n) is 1.79. The minimum atomic E-state index is -0.0540. The van der Waals surface area contributed by atoms with Gasteiger partial charge < -0.3 is 18.2 Å². The maximum atomic E-state index is 5.30. The topological polar surface area (TPSA) is 92.0 Å². The Bertz CT molecular complexity index is 709. The van der Waals surface area contributed by atoms with E-state index >= 15 is 0 Å². The number of nitrogens with zero attached hydrogens (tertiary/aromatic N) is 5. The quantitative estimate of drug-likeness (QED) is 0.613. The van der Waals surface area contributed by atoms with Crippen LogP contribution in [0, 0.1) is 0 Å². The van der Waals surface area contributed by atoms with Gasteiger partial charge in [0.05, 0.1) is 18.1 Å². The van der Waals surface area contributed by atoms with Gasteiger partial charge in [-0.25, -0.2) is 0 Å². The lowest BCUT2D eigenvalue weighted by Crippen LogP contribution is -2.05. The first-order chi connectivity index (χ1) is 10.8. The lowest BCUT2D eigenvalue weighted by atomic mass is 10.4. The molecule has 0 N–H and O–H groups in total. The fraction of sp³-hybridized carbons (Fsp3) is 0.385. The molecule has 0 aliphatic rings. The molecule has 0 aliphatic carbocycles. The normalized spacial score (nSPS) is 12.6. The van der Waals surface area contributed by atoms with Gasteiger partial charge in [0.2, 0.25) is 11.7 Å². The van der Waals surface area contributed by atoms with Crippen molar-refractivity contribution in [1.29, 1.82) is 0 Å². The molecule has 9 heteroatoms. The van der Waals surface area contributed by atoms with E-state index < -0.39 is 0 Å². The first-order valence-corrected chi connectivity index (χ1v) is 7.56. The predicted molar refractivity (Wildman–Crippen MR) is 78.2 cm³/mol. The van der Waals surface area contributed by atoms with E-state index in [1.807, 2.05) is 11.5 Å². The standard InChI is InChI=1S/C13H15N5O3S/c1-9(22-13-16-14-8-18(13)5-7-19-2)12-15-11(17-21-12)10-4-3-6-20-10/h3-4,6,8-9H,5,7H2,1-2H3/t9-/m1/s1. The fourth-order valence-corrected chi connectivity index (χ4v) is 2.67. The maximum absolute atomic E-state index is 5.30. The van der Waals surface area contributed by atoms with E-state index in [1.165, 1.54) is 11.8 Å². The summed E-state index contributed by atoms with van der Waals surface area (Å²) in [4.78, 5) is 4.35. The molecule has 3 rings (SSSR count). The highest BCUT2D eigenvalue weighted by Gasteiger charge is 2.20. The van der Waals surface area contributed by atoms with Crippen molar-refractivity contribution < 1.29 is 13.7 Å². The molecular weight excluding hydrogens is 306 g/mol. The Hall–Kier alpha value is -2.13. The van der Waals surface area contributed by atoms with Crippen molar-refractivity contribution >= 4 is 11.8 Å². The minimum absolute atomic E-state index is 0.0540. The summed E-state index contributed by atoms with van der Waals surface area (Å²) >= 11 is 1.50. The van der Waals surface area contributed by atoms with Gasteiger partial charge in [-0.1, -0.05) is 16.9 Å². The predicted octanol–water partition coefficient (Wildman–Crippen LogP) is 2.42. The summed E-state index contributed by atoms with van der Waals surface area (Å²) in [6.45, 7) is 3.27. The van der Waals surface area contributed by atoms with E-state index in [4.69, 9.17) is 13.7 Å². The van der Waals surface area contributed by atoms with Crippen LogP contribution in [0.15, 0.2) is 38.8 Å². The van der Waals surface area contributed by atoms with E-state index in [2.05, 4.69) is 20.3 Å². The first kappa shape index (κ1) is 14.8. The highest BCUT2D eigenvalue weighted by molar-refractivity contribution is 7.99. The van der Waals surface area contributed by atoms with Crippen LogP contribution in [0.2, 0.25) is 0 Å². The third kappa shape index (κ3) is 3.20. The van der Waals surface area contributed by atoms with Gasteiger partial charge >= 0.3 is 0 Å². The zero-order valence-corrected chi connectivity index (χ0v) is 13.0. The molecule has 3 heterocycles. The first-order valence-electron chi connectivity index (χ1n) is 6.69. The van der Waals surface area contributed by atoms with Crippen LogP contribution in [-0.4, -0.2) is 38.6 Å². The molecule has 3 aromatic heterocycles. The lowest BCUT2D eigenvalue weighted by molar-refractivity contribution is 0.184. The summed E-state index contributed by atoms with van der Waals surface area (Å²) in [5, 5.41) is 12.7. The summed E-state index contributed by atoms with van der Waals surface area (Å²) in [5.41, 5.74) is 0. The van der Waals surface area contributed by atoms with Gasteiger partial charge in [-0.3, -0.25) is 0 Å². The molecule has 0 aromatic carbocycles. The average Bonchev–Trinajstić information content (AvgIpc) is 3.25. The number of rotatable bonds is 7. The molecule has 0 saturated carbocycles. The molecule has 0 saturated heterocycles. The van der Waals surface area contributed by atoms with Crippen LogP contribution in [0.3, 0.4) is 0 Å². The summed E-state index contributed by atoms with van der Waals surface area (Å²) in [5.74, 6) is 1.53. The molecule has 0 aliphatic heterocycles. The highest BCUT2D eigenvalue weighted by Crippen LogP contribution is 2.33. The molecule has 0 bridgehead atoms. The molecule has 0 spiro atoms. The van der Waals surface area contributed by atoms with Crippen LogP contribution < -0.4 is 0 Å². The van der Waals surface area contributed by atoms with Gasteiger partial charge in [0.1, 0.15) is 6.33 Å². The van der Waals surface area contributed by atoms with E-state index in [0.717, 1.165) is 5.16 Å². The number of furan rings is 1. The molecular formula is C13H15N5O3S. The van der Waals surface area contributed by atoms with Crippen LogP contribution in [0.1, 0.15) is 18.1 Å². The molecule has 116 valence electrons. The van der Waals surface area contributed by atoms with Crippen molar-refractivity contribution in [3.8, 4) is 11.6 Å². The third-order valence-electron chi connectivity index (χ3n) is 2.93. The number of thioether (sulfide) groups is 1. The van der Waals surface area contributed by atoms with Gasteiger partial charge in [0.15, 0.2) is 10.9 Å². The van der Waals surface area contributed by atoms with Crippen molar-refractivity contribution in [2.24, 2.45) is 0 Å². The Morgan fingerprint density at radius 3 is 3.14 bits per heavy atom. The number of aromatic nitrogens is 5. The second-order valence-corrected chi connectivity index (χ2v) is 5.80. The zero-order chi connectivity index (χ0) is 15.4. The van der Waals surface area contributed by atoms with Crippen LogP contribution in [-0.2, 0) is 11.3 Å². The third-order valence-corrected chi connectivity index (χ3v) is 4.01. The number of methoxy groups -OCH3 is 1. The summed E-state index contributed by atoms with van der Waals surface area (Å²) in [7, 11) is 1.66. The van der Waals surface area contributed by atoms with E-state index in [1.54, 1.807) is 31.8 Å². The number of hydrogen-bond acceptors (Lipinski definition) is 8. The van der Waals surface area contributed by atoms with Crippen LogP contribution in [0.25, 0.3) is 11.6 Å². The Kier molecular flexibility index (Phi) is 4.54. The summed E-state index contributed by atoms with van der Waals surface area (Å²) in [6.07, 6.45) is 3.25. The number of hydrogen-bond donors (Lipinski definition) is 0. The summed E-state index contributed by atoms with van der Waals surface area (Å²) < 4.78 is 17.5. The second-order valence-electron chi connectivity index (χ2n) is 4.49. The molecule has 0 radical (unpaired) electrons. The number of ether oxygens (including phenoxy) is 1. The van der Waals surface area contributed by atoms with Crippen molar-refractivity contribution in [3.63, 3.8) is 0 Å². The lowest BCUT2D eigenvalue weighted by Gasteiger charge is -2.07. The molecule has 1 atom stereocenters. The largest absolute Gasteiger partial charge is 0.461 e. The van der Waals surface area contributed by atoms with Crippen LogP contribution in [0.5, 0.6) is 0 Å². The summed E-state index contributed by atoms with van der Waals surface area (Å²) in [6, 6.07) is 3.57. The van der Waals surface area contributed by atoms with Gasteiger partial charge in [-0.2, -0.15) is 4.98 Å². The monoisotopic (exact) mass is 321 g/mol. The SMILES string of the molecule is COCCn1cnnc1S[C@H](C)c1nc(-c2ccco2)no1. The molecule has 0 amide bonds. The Labute approximate surface area is 130 Å². The molecule has 8 nitrogen and oxygen atoms in total. The molecule has 0 fully saturated rings. The van der Waals surface area contributed by atoms with E-state index in [9.17, 15) is 0 Å². The van der Waals surface area contributed by atoms with Gasteiger partial charge in [-0.15, -0.1) is 10.2 Å². The van der Waals surface area contributed by atoms with Crippen molar-refractivity contribution in [2.45, 2.75) is 23.9 Å². The maximum Gasteiger partial charge on any atom is 0.240 e. The van der Waals surface area contributed by atoms with Crippen LogP contribution in [0.4, 0.5) is 0 Å². The Balaban J connectivity index is 1.70. The van der Waals surface area contributed by atoms with E-state index in [-0.39, 0.29) is 5.25 Å². The van der Waals surface area contributed by atoms with Crippen molar-refractivity contribution in [1.82, 2.24) is 24.9 Å². The Morgan fingerprint density at radius 2 is 2.36 bits per heavy atom. The zero-order valence-electron chi connectivity index (χ0n) is 12.2. The van der Waals surface area contributed by atoms with Gasteiger partial charge in [0.25, 0.3) is 0 Å². The van der Waals surface area contributed by atoms with Gasteiger partial charge in [0, 0.05) is 13.7 Å². The molecule has 22 heavy (non-hydrogen) atoms. The van der Waals surface area contributed by atoms with Crippen molar-refractivity contribution in [2.75, 3.05) is 13.7 Å². The minimum Gasteiger partial charge on any atom is -0.461 e. The molecule has 3 aromatic rings. The second kappa shape index (κ2) is 6.75. The average molecular weight is 321 g/mol. The van der Waals surface area contributed by atoms with Crippen molar-refractivity contribution in [3.05, 3.63) is 30.6 Å². The molecule has 0 unspecified atom stereocenters. The highest BCUT2D eigenvalue weighted by atomic mass is 32.2. The van der Waals surface area contributed by atoms with E-state index in [0.29, 0.717) is 30.6 Å². The smallest absolute Gasteiger partial charge is 0.240 e.